The quantitative estimate of drug-likeness (QED) is 0.478. The van der Waals surface area contributed by atoms with E-state index >= 15 is 0 Å². The third kappa shape index (κ3) is 6.20. The van der Waals surface area contributed by atoms with Gasteiger partial charge in [0.05, 0.1) is 11.4 Å². The molecule has 3 unspecified atom stereocenters. The molecule has 3 atom stereocenters. The molecule has 1 fully saturated rings. The molecule has 38 heavy (non-hydrogen) atoms. The minimum Gasteiger partial charge on any atom is -0.369 e. The number of hydrogen-bond acceptors (Lipinski definition) is 4. The van der Waals surface area contributed by atoms with Crippen LogP contribution in [-0.2, 0) is 14.4 Å². The fourth-order valence-electron chi connectivity index (χ4n) is 4.78. The number of hydrogen-bond donors (Lipinski definition) is 2. The van der Waals surface area contributed by atoms with Crippen LogP contribution in [0.5, 0.6) is 0 Å². The molecule has 3 amide bonds. The number of amides is 3. The number of nitrogens with zero attached hydrogens (tertiary/aromatic N) is 2. The standard InChI is InChI=1S/C27H28F4N4O3/c1-35-22-18(8-5-9-20(22)28)21(16-6-3-2-4-7-16)33-24(26(35)38)34-25(37)17(12-13-27(29,30)31)19(23(32)36)14-15-10-11-15/h2-9,15,17,19,24H,10-14H2,1H3,(H2,32,36)(H,34,37). The Labute approximate surface area is 217 Å². The Morgan fingerprint density at radius 3 is 2.39 bits per heavy atom. The molecule has 3 N–H and O–H groups in total. The molecule has 4 rings (SSSR count). The monoisotopic (exact) mass is 532 g/mol. The van der Waals surface area contributed by atoms with Crippen molar-refractivity contribution in [2.75, 3.05) is 11.9 Å². The van der Waals surface area contributed by atoms with Gasteiger partial charge in [-0.1, -0.05) is 55.3 Å². The largest absolute Gasteiger partial charge is 0.389 e. The van der Waals surface area contributed by atoms with E-state index in [1.165, 1.54) is 19.2 Å². The molecule has 1 aliphatic heterocycles. The van der Waals surface area contributed by atoms with Gasteiger partial charge in [0.25, 0.3) is 5.91 Å². The summed E-state index contributed by atoms with van der Waals surface area (Å²) in [4.78, 5) is 44.5. The van der Waals surface area contributed by atoms with Gasteiger partial charge in [0.15, 0.2) is 0 Å². The van der Waals surface area contributed by atoms with Gasteiger partial charge >= 0.3 is 6.18 Å². The van der Waals surface area contributed by atoms with E-state index in [9.17, 15) is 31.9 Å². The lowest BCUT2D eigenvalue weighted by Gasteiger charge is -2.27. The zero-order valence-electron chi connectivity index (χ0n) is 20.7. The SMILES string of the molecule is CN1C(=O)C(NC(=O)C(CCC(F)(F)F)C(CC2CC2)C(N)=O)N=C(c2ccccc2)c2cccc(F)c21. The number of para-hydroxylation sites is 1. The highest BCUT2D eigenvalue weighted by atomic mass is 19.4. The van der Waals surface area contributed by atoms with E-state index in [4.69, 9.17) is 5.73 Å². The van der Waals surface area contributed by atoms with Crippen molar-refractivity contribution in [3.8, 4) is 0 Å². The van der Waals surface area contributed by atoms with Gasteiger partial charge in [-0.25, -0.2) is 9.38 Å². The molecule has 2 aromatic rings. The van der Waals surface area contributed by atoms with Crippen molar-refractivity contribution in [3.63, 3.8) is 0 Å². The van der Waals surface area contributed by atoms with Gasteiger partial charge in [0.1, 0.15) is 5.82 Å². The topological polar surface area (TPSA) is 105 Å². The number of rotatable bonds is 9. The van der Waals surface area contributed by atoms with Crippen LogP contribution in [0.2, 0.25) is 0 Å². The molecule has 0 spiro atoms. The maximum atomic E-state index is 14.9. The first-order chi connectivity index (χ1) is 18.0. The van der Waals surface area contributed by atoms with Crippen LogP contribution in [0.15, 0.2) is 53.5 Å². The number of carbonyl (C=O) groups excluding carboxylic acids is 3. The Morgan fingerprint density at radius 1 is 1.11 bits per heavy atom. The van der Waals surface area contributed by atoms with Gasteiger partial charge in [0.2, 0.25) is 18.0 Å². The van der Waals surface area contributed by atoms with E-state index in [1.807, 2.05) is 0 Å². The summed E-state index contributed by atoms with van der Waals surface area (Å²) in [6.45, 7) is 0. The van der Waals surface area contributed by atoms with Gasteiger partial charge in [-0.3, -0.25) is 14.4 Å². The maximum Gasteiger partial charge on any atom is 0.389 e. The molecule has 202 valence electrons. The number of anilines is 1. The summed E-state index contributed by atoms with van der Waals surface area (Å²) in [6.07, 6.45) is -6.30. The average Bonchev–Trinajstić information content (AvgIpc) is 3.69. The van der Waals surface area contributed by atoms with E-state index in [-0.39, 0.29) is 23.7 Å². The summed E-state index contributed by atoms with van der Waals surface area (Å²) < 4.78 is 54.2. The van der Waals surface area contributed by atoms with Crippen molar-refractivity contribution in [3.05, 3.63) is 65.5 Å². The Kier molecular flexibility index (Phi) is 7.84. The third-order valence-corrected chi connectivity index (χ3v) is 6.94. The zero-order chi connectivity index (χ0) is 27.6. The van der Waals surface area contributed by atoms with Crippen LogP contribution in [0.4, 0.5) is 23.2 Å². The van der Waals surface area contributed by atoms with Gasteiger partial charge < -0.3 is 16.0 Å². The number of halogens is 4. The molecule has 2 aromatic carbocycles. The summed E-state index contributed by atoms with van der Waals surface area (Å²) >= 11 is 0. The number of primary amides is 1. The number of carbonyl (C=O) groups is 3. The van der Waals surface area contributed by atoms with Crippen molar-refractivity contribution in [1.29, 1.82) is 0 Å². The first-order valence-corrected chi connectivity index (χ1v) is 12.3. The molecule has 1 aliphatic carbocycles. The molecule has 11 heteroatoms. The fourth-order valence-corrected chi connectivity index (χ4v) is 4.78. The predicted molar refractivity (Wildman–Crippen MR) is 133 cm³/mol. The highest BCUT2D eigenvalue weighted by molar-refractivity contribution is 6.20. The normalized spacial score (nSPS) is 19.2. The van der Waals surface area contributed by atoms with Crippen LogP contribution in [0.25, 0.3) is 0 Å². The van der Waals surface area contributed by atoms with Gasteiger partial charge in [-0.05, 0) is 24.8 Å². The second-order valence-corrected chi connectivity index (χ2v) is 9.74. The lowest BCUT2D eigenvalue weighted by molar-refractivity contribution is -0.146. The average molecular weight is 533 g/mol. The number of nitrogens with one attached hydrogen (secondary N) is 1. The van der Waals surface area contributed by atoms with E-state index in [0.29, 0.717) is 11.1 Å². The highest BCUT2D eigenvalue weighted by Crippen LogP contribution is 2.39. The van der Waals surface area contributed by atoms with Crippen molar-refractivity contribution in [2.24, 2.45) is 28.5 Å². The van der Waals surface area contributed by atoms with Gasteiger partial charge in [-0.2, -0.15) is 13.2 Å². The second-order valence-electron chi connectivity index (χ2n) is 9.74. The van der Waals surface area contributed by atoms with Gasteiger partial charge in [0, 0.05) is 36.4 Å². The summed E-state index contributed by atoms with van der Waals surface area (Å²) in [7, 11) is 1.33. The van der Waals surface area contributed by atoms with Crippen LogP contribution in [0.3, 0.4) is 0 Å². The first-order valence-electron chi connectivity index (χ1n) is 12.3. The predicted octanol–water partition coefficient (Wildman–Crippen LogP) is 3.94. The molecule has 0 bridgehead atoms. The Bertz CT molecular complexity index is 1240. The lowest BCUT2D eigenvalue weighted by Crippen LogP contribution is -2.50. The Morgan fingerprint density at radius 2 is 1.79 bits per heavy atom. The number of aliphatic imine (C=N–C) groups is 1. The third-order valence-electron chi connectivity index (χ3n) is 6.94. The summed E-state index contributed by atoms with van der Waals surface area (Å²) in [5, 5.41) is 2.44. The van der Waals surface area contributed by atoms with Crippen LogP contribution in [-0.4, -0.2) is 42.8 Å². The van der Waals surface area contributed by atoms with Crippen molar-refractivity contribution < 1.29 is 31.9 Å². The maximum absolute atomic E-state index is 14.9. The molecule has 1 saturated carbocycles. The Balaban J connectivity index is 1.71. The fraction of sp³-hybridized carbons (Fsp3) is 0.407. The highest BCUT2D eigenvalue weighted by Gasteiger charge is 2.41. The number of fused-ring (bicyclic) bond motifs is 1. The number of alkyl halides is 3. The molecule has 7 nitrogen and oxygen atoms in total. The van der Waals surface area contributed by atoms with Crippen LogP contribution in [0, 0.1) is 23.6 Å². The van der Waals surface area contributed by atoms with Crippen molar-refractivity contribution in [1.82, 2.24) is 5.32 Å². The van der Waals surface area contributed by atoms with Gasteiger partial charge in [-0.15, -0.1) is 0 Å². The van der Waals surface area contributed by atoms with E-state index in [1.54, 1.807) is 36.4 Å². The molecule has 1 heterocycles. The van der Waals surface area contributed by atoms with Crippen LogP contribution < -0.4 is 16.0 Å². The zero-order valence-corrected chi connectivity index (χ0v) is 20.7. The van der Waals surface area contributed by atoms with E-state index < -0.39 is 60.6 Å². The summed E-state index contributed by atoms with van der Waals surface area (Å²) in [5.41, 5.74) is 6.55. The minimum atomic E-state index is -4.56. The molecule has 0 radical (unpaired) electrons. The number of nitrogens with two attached hydrogens (primary N) is 1. The first kappa shape index (κ1) is 27.3. The van der Waals surface area contributed by atoms with Crippen LogP contribution >= 0.6 is 0 Å². The molecule has 0 saturated heterocycles. The molecular formula is C27H28F4N4O3. The summed E-state index contributed by atoms with van der Waals surface area (Å²) in [5.74, 6) is -5.71. The van der Waals surface area contributed by atoms with Crippen molar-refractivity contribution in [2.45, 2.75) is 44.4 Å². The molecule has 2 aliphatic rings. The molecular weight excluding hydrogens is 504 g/mol. The van der Waals surface area contributed by atoms with E-state index in [0.717, 1.165) is 17.7 Å². The van der Waals surface area contributed by atoms with Crippen molar-refractivity contribution >= 4 is 29.1 Å². The minimum absolute atomic E-state index is 0.0470. The second kappa shape index (κ2) is 10.9. The number of benzodiazepines with no additional fused rings is 1. The smallest absolute Gasteiger partial charge is 0.369 e. The lowest BCUT2D eigenvalue weighted by atomic mass is 9.83. The number of likely N-dealkylation sites (N-methyl/N-ethyl adjacent to an activating group) is 1. The summed E-state index contributed by atoms with van der Waals surface area (Å²) in [6, 6.07) is 12.9. The van der Waals surface area contributed by atoms with E-state index in [2.05, 4.69) is 10.3 Å². The number of benzene rings is 2. The molecule has 0 aromatic heterocycles. The van der Waals surface area contributed by atoms with Crippen LogP contribution in [0.1, 0.15) is 43.2 Å². The Hall–Kier alpha value is -3.76.